The number of hydrogen-bond acceptors (Lipinski definition) is 1. The zero-order valence-corrected chi connectivity index (χ0v) is 5.80. The molecule has 0 saturated carbocycles. The molecule has 0 saturated heterocycles. The summed E-state index contributed by atoms with van der Waals surface area (Å²) in [5.74, 6) is 0. The van der Waals surface area contributed by atoms with Gasteiger partial charge in [-0.2, -0.15) is 0 Å². The predicted octanol–water partition coefficient (Wildman–Crippen LogP) is 1.85. The van der Waals surface area contributed by atoms with Gasteiger partial charge in [-0.3, -0.25) is 0 Å². The first-order valence-electron chi connectivity index (χ1n) is 3.01. The van der Waals surface area contributed by atoms with E-state index in [0.717, 1.165) is 6.42 Å². The Hall–Kier alpha value is -0.980. The normalized spacial score (nSPS) is 12.1. The quantitative estimate of drug-likeness (QED) is 0.561. The minimum atomic E-state index is 1.14. The van der Waals surface area contributed by atoms with E-state index in [2.05, 4.69) is 36.2 Å². The summed E-state index contributed by atoms with van der Waals surface area (Å²) in [7, 11) is 1.81. The second-order valence-electron chi connectivity index (χ2n) is 1.58. The molecule has 0 atom stereocenters. The van der Waals surface area contributed by atoms with Gasteiger partial charge >= 0.3 is 0 Å². The fourth-order valence-corrected chi connectivity index (χ4v) is 0.393. The van der Waals surface area contributed by atoms with Crippen LogP contribution in [0.15, 0.2) is 37.1 Å². The summed E-state index contributed by atoms with van der Waals surface area (Å²) < 4.78 is 0. The van der Waals surface area contributed by atoms with Crippen molar-refractivity contribution in [1.29, 1.82) is 0 Å². The number of rotatable bonds is 1. The standard InChI is InChI=1S/C5H6.C3H7N/c1-2-4-5-3-1;1-3-4-2/h1-4H,5H2;3-4H,1H2,2H3. The molecule has 1 N–H and O–H groups in total. The second-order valence-corrected chi connectivity index (χ2v) is 1.58. The molecule has 0 aromatic heterocycles. The van der Waals surface area contributed by atoms with Crippen molar-refractivity contribution in [3.8, 4) is 0 Å². The lowest BCUT2D eigenvalue weighted by atomic mass is 10.5. The molecule has 1 heteroatoms. The molecule has 1 nitrogen and oxygen atoms in total. The SMILES string of the molecule is C1=CCC=C1.C=CNC. The van der Waals surface area contributed by atoms with Crippen LogP contribution in [0, 0.1) is 0 Å². The molecule has 9 heavy (non-hydrogen) atoms. The van der Waals surface area contributed by atoms with E-state index in [-0.39, 0.29) is 0 Å². The van der Waals surface area contributed by atoms with Crippen molar-refractivity contribution in [1.82, 2.24) is 5.32 Å². The van der Waals surface area contributed by atoms with Gasteiger partial charge in [0.15, 0.2) is 0 Å². The number of allylic oxidation sites excluding steroid dienone is 4. The van der Waals surface area contributed by atoms with Gasteiger partial charge in [-0.05, 0) is 12.6 Å². The van der Waals surface area contributed by atoms with Crippen molar-refractivity contribution >= 4 is 0 Å². The average Bonchev–Trinajstić information content (AvgIpc) is 2.43. The molecular weight excluding hydrogens is 110 g/mol. The van der Waals surface area contributed by atoms with Crippen LogP contribution in [0.5, 0.6) is 0 Å². The van der Waals surface area contributed by atoms with E-state index < -0.39 is 0 Å². The summed E-state index contributed by atoms with van der Waals surface area (Å²) in [5, 5.41) is 2.69. The van der Waals surface area contributed by atoms with E-state index in [1.165, 1.54) is 0 Å². The molecule has 0 heterocycles. The molecule has 0 unspecified atom stereocenters. The highest BCUT2D eigenvalue weighted by Crippen LogP contribution is 1.93. The monoisotopic (exact) mass is 123 g/mol. The van der Waals surface area contributed by atoms with Crippen LogP contribution < -0.4 is 5.32 Å². The maximum Gasteiger partial charge on any atom is 0.00275 e. The zero-order valence-electron chi connectivity index (χ0n) is 5.80. The molecule has 0 aliphatic heterocycles. The molecule has 0 radical (unpaired) electrons. The molecule has 0 spiro atoms. The lowest BCUT2D eigenvalue weighted by Crippen LogP contribution is -1.87. The lowest BCUT2D eigenvalue weighted by Gasteiger charge is -1.70. The molecule has 0 amide bonds. The van der Waals surface area contributed by atoms with Gasteiger partial charge in [0, 0.05) is 7.05 Å². The van der Waals surface area contributed by atoms with Crippen molar-refractivity contribution < 1.29 is 0 Å². The van der Waals surface area contributed by atoms with Crippen LogP contribution in [0.4, 0.5) is 0 Å². The van der Waals surface area contributed by atoms with Crippen molar-refractivity contribution in [2.45, 2.75) is 6.42 Å². The summed E-state index contributed by atoms with van der Waals surface area (Å²) in [5.41, 5.74) is 0. The first-order chi connectivity index (χ1) is 4.41. The van der Waals surface area contributed by atoms with Crippen molar-refractivity contribution in [2.75, 3.05) is 7.05 Å². The van der Waals surface area contributed by atoms with Gasteiger partial charge in [-0.1, -0.05) is 30.9 Å². The van der Waals surface area contributed by atoms with E-state index in [9.17, 15) is 0 Å². The van der Waals surface area contributed by atoms with E-state index >= 15 is 0 Å². The van der Waals surface area contributed by atoms with Gasteiger partial charge in [0.25, 0.3) is 0 Å². The minimum Gasteiger partial charge on any atom is -0.394 e. The number of nitrogens with one attached hydrogen (secondary N) is 1. The van der Waals surface area contributed by atoms with Crippen LogP contribution in [0.3, 0.4) is 0 Å². The van der Waals surface area contributed by atoms with E-state index in [0.29, 0.717) is 0 Å². The first kappa shape index (κ1) is 8.02. The lowest BCUT2D eigenvalue weighted by molar-refractivity contribution is 1.11. The van der Waals surface area contributed by atoms with Gasteiger partial charge in [-0.15, -0.1) is 0 Å². The summed E-state index contributed by atoms with van der Waals surface area (Å²) in [6.07, 6.45) is 11.1. The van der Waals surface area contributed by atoms with Crippen molar-refractivity contribution in [3.05, 3.63) is 37.1 Å². The topological polar surface area (TPSA) is 12.0 Å². The van der Waals surface area contributed by atoms with Crippen molar-refractivity contribution in [2.24, 2.45) is 0 Å². The number of hydrogen-bond donors (Lipinski definition) is 1. The van der Waals surface area contributed by atoms with E-state index in [1.807, 2.05) is 7.05 Å². The fourth-order valence-electron chi connectivity index (χ4n) is 0.393. The molecule has 1 aliphatic carbocycles. The molecule has 0 bridgehead atoms. The molecule has 1 aliphatic rings. The van der Waals surface area contributed by atoms with E-state index in [1.54, 1.807) is 6.20 Å². The Kier molecular flexibility index (Phi) is 6.26. The maximum atomic E-state index is 3.37. The summed E-state index contributed by atoms with van der Waals surface area (Å²) in [6.45, 7) is 3.37. The molecule has 0 aromatic rings. The van der Waals surface area contributed by atoms with Gasteiger partial charge < -0.3 is 5.32 Å². The highest BCUT2D eigenvalue weighted by molar-refractivity contribution is 5.11. The summed E-state index contributed by atoms with van der Waals surface area (Å²) in [4.78, 5) is 0. The van der Waals surface area contributed by atoms with Gasteiger partial charge in [-0.25, -0.2) is 0 Å². The van der Waals surface area contributed by atoms with Gasteiger partial charge in [0.05, 0.1) is 0 Å². The van der Waals surface area contributed by atoms with Crippen LogP contribution in [-0.4, -0.2) is 7.05 Å². The molecule has 50 valence electrons. The summed E-state index contributed by atoms with van der Waals surface area (Å²) >= 11 is 0. The van der Waals surface area contributed by atoms with Crippen LogP contribution in [-0.2, 0) is 0 Å². The average molecular weight is 123 g/mol. The van der Waals surface area contributed by atoms with Crippen molar-refractivity contribution in [3.63, 3.8) is 0 Å². The Bertz CT molecular complexity index is 102. The Morgan fingerprint density at radius 1 is 1.44 bits per heavy atom. The predicted molar refractivity (Wildman–Crippen MR) is 42.2 cm³/mol. The highest BCUT2D eigenvalue weighted by atomic mass is 14.8. The van der Waals surface area contributed by atoms with Crippen LogP contribution in [0.2, 0.25) is 0 Å². The van der Waals surface area contributed by atoms with Gasteiger partial charge in [0.2, 0.25) is 0 Å². The Balaban J connectivity index is 0.000000148. The van der Waals surface area contributed by atoms with Crippen LogP contribution in [0.25, 0.3) is 0 Å². The van der Waals surface area contributed by atoms with Gasteiger partial charge in [0.1, 0.15) is 0 Å². The molecule has 1 rings (SSSR count). The smallest absolute Gasteiger partial charge is 0.00275 e. The Labute approximate surface area is 56.8 Å². The van der Waals surface area contributed by atoms with Crippen LogP contribution in [0.1, 0.15) is 6.42 Å². The molecule has 0 aromatic carbocycles. The zero-order chi connectivity index (χ0) is 6.95. The highest BCUT2D eigenvalue weighted by Gasteiger charge is 1.72. The second kappa shape index (κ2) is 7.02. The Morgan fingerprint density at radius 3 is 2.00 bits per heavy atom. The third-order valence-corrected chi connectivity index (χ3v) is 0.860. The van der Waals surface area contributed by atoms with Crippen LogP contribution >= 0.6 is 0 Å². The minimum absolute atomic E-state index is 1.14. The largest absolute Gasteiger partial charge is 0.394 e. The molecule has 0 fully saturated rings. The Morgan fingerprint density at radius 2 is 1.89 bits per heavy atom. The fraction of sp³-hybridized carbons (Fsp3) is 0.250. The summed E-state index contributed by atoms with van der Waals surface area (Å²) in [6, 6.07) is 0. The third-order valence-electron chi connectivity index (χ3n) is 0.860. The van der Waals surface area contributed by atoms with E-state index in [4.69, 9.17) is 0 Å². The third kappa shape index (κ3) is 7.02. The first-order valence-corrected chi connectivity index (χ1v) is 3.01. The maximum absolute atomic E-state index is 3.37. The molecular formula is C8H13N.